The second-order valence-corrected chi connectivity index (χ2v) is 4.61. The topological polar surface area (TPSA) is 34.1 Å². The minimum atomic E-state index is 0.313. The van der Waals surface area contributed by atoms with Crippen LogP contribution in [0, 0.1) is 6.92 Å². The molecule has 1 saturated heterocycles. The molecule has 0 aromatic carbocycles. The average molecular weight is 212 g/mol. The van der Waals surface area contributed by atoms with Gasteiger partial charge in [-0.25, -0.2) is 4.98 Å². The first-order chi connectivity index (χ1) is 6.81. The van der Waals surface area contributed by atoms with Crippen LogP contribution in [-0.2, 0) is 11.2 Å². The largest absolute Gasteiger partial charge is 0.378 e. The Bertz CT molecular complexity index is 305. The maximum Gasteiger partial charge on any atom is 0.112 e. The maximum atomic E-state index is 5.42. The van der Waals surface area contributed by atoms with Crippen LogP contribution in [0.3, 0.4) is 0 Å². The number of ether oxygens (including phenoxy) is 1. The van der Waals surface area contributed by atoms with E-state index in [1.165, 1.54) is 15.6 Å². The van der Waals surface area contributed by atoms with E-state index in [2.05, 4.69) is 24.1 Å². The first-order valence-corrected chi connectivity index (χ1v) is 5.90. The van der Waals surface area contributed by atoms with Crippen molar-refractivity contribution in [2.45, 2.75) is 26.3 Å². The summed E-state index contributed by atoms with van der Waals surface area (Å²) in [4.78, 5) is 5.98. The predicted molar refractivity (Wildman–Crippen MR) is 57.8 cm³/mol. The zero-order valence-electron chi connectivity index (χ0n) is 8.67. The molecular formula is C10H16N2OS. The Balaban J connectivity index is 2.14. The van der Waals surface area contributed by atoms with E-state index in [0.717, 1.165) is 26.2 Å². The first-order valence-electron chi connectivity index (χ1n) is 5.08. The summed E-state index contributed by atoms with van der Waals surface area (Å²) in [5.41, 5.74) is 1.18. The monoisotopic (exact) mass is 212 g/mol. The van der Waals surface area contributed by atoms with Crippen LogP contribution in [0.25, 0.3) is 0 Å². The van der Waals surface area contributed by atoms with Gasteiger partial charge in [0.05, 0.1) is 24.9 Å². The maximum absolute atomic E-state index is 5.42. The summed E-state index contributed by atoms with van der Waals surface area (Å²) in [5.74, 6) is 0. The zero-order chi connectivity index (χ0) is 9.97. The van der Waals surface area contributed by atoms with E-state index < -0.39 is 0 Å². The second-order valence-electron chi connectivity index (χ2n) is 3.50. The lowest BCUT2D eigenvalue weighted by Crippen LogP contribution is -2.34. The number of aryl methyl sites for hydroxylation is 2. The van der Waals surface area contributed by atoms with Gasteiger partial charge in [0.1, 0.15) is 5.01 Å². The Morgan fingerprint density at radius 1 is 1.64 bits per heavy atom. The highest BCUT2D eigenvalue weighted by Crippen LogP contribution is 2.25. The van der Waals surface area contributed by atoms with Crippen LogP contribution in [0.1, 0.15) is 28.5 Å². The molecule has 2 heterocycles. The van der Waals surface area contributed by atoms with Gasteiger partial charge >= 0.3 is 0 Å². The quantitative estimate of drug-likeness (QED) is 0.810. The molecule has 1 atom stereocenters. The van der Waals surface area contributed by atoms with E-state index in [1.54, 1.807) is 0 Å². The van der Waals surface area contributed by atoms with E-state index in [9.17, 15) is 0 Å². The lowest BCUT2D eigenvalue weighted by atomic mass is 10.3. The average Bonchev–Trinajstić information content (AvgIpc) is 2.61. The minimum Gasteiger partial charge on any atom is -0.378 e. The highest BCUT2D eigenvalue weighted by molar-refractivity contribution is 7.11. The zero-order valence-corrected chi connectivity index (χ0v) is 9.49. The van der Waals surface area contributed by atoms with E-state index in [-0.39, 0.29) is 0 Å². The molecule has 0 spiro atoms. The summed E-state index contributed by atoms with van der Waals surface area (Å²) in [6, 6.07) is 0.313. The summed E-state index contributed by atoms with van der Waals surface area (Å²) in [6.45, 7) is 6.78. The molecule has 3 nitrogen and oxygen atoms in total. The fraction of sp³-hybridized carbons (Fsp3) is 0.700. The Hall–Kier alpha value is -0.450. The van der Waals surface area contributed by atoms with E-state index in [4.69, 9.17) is 4.74 Å². The molecule has 1 N–H and O–H groups in total. The van der Waals surface area contributed by atoms with Gasteiger partial charge in [-0.3, -0.25) is 0 Å². The normalized spacial score (nSPS) is 22.6. The minimum absolute atomic E-state index is 0.313. The molecule has 0 radical (unpaired) electrons. The van der Waals surface area contributed by atoms with Crippen molar-refractivity contribution in [3.63, 3.8) is 0 Å². The summed E-state index contributed by atoms with van der Waals surface area (Å²) >= 11 is 1.81. The molecule has 0 aliphatic carbocycles. The van der Waals surface area contributed by atoms with Crippen LogP contribution in [0.15, 0.2) is 0 Å². The molecule has 0 amide bonds. The number of aromatic nitrogens is 1. The van der Waals surface area contributed by atoms with E-state index in [1.807, 2.05) is 11.3 Å². The molecule has 1 unspecified atom stereocenters. The van der Waals surface area contributed by atoms with Gasteiger partial charge in [-0.15, -0.1) is 11.3 Å². The fourth-order valence-electron chi connectivity index (χ4n) is 1.65. The fourth-order valence-corrected chi connectivity index (χ4v) is 2.72. The molecule has 1 aromatic rings. The number of nitrogens with zero attached hydrogens (tertiary/aromatic N) is 1. The molecule has 1 aliphatic heterocycles. The summed E-state index contributed by atoms with van der Waals surface area (Å²) in [5, 5.41) is 4.60. The van der Waals surface area contributed by atoms with Gasteiger partial charge in [0.25, 0.3) is 0 Å². The molecule has 1 fully saturated rings. The Kier molecular flexibility index (Phi) is 3.15. The van der Waals surface area contributed by atoms with Crippen LogP contribution in [0.2, 0.25) is 0 Å². The van der Waals surface area contributed by atoms with Crippen LogP contribution in [0.4, 0.5) is 0 Å². The van der Waals surface area contributed by atoms with E-state index in [0.29, 0.717) is 6.04 Å². The molecule has 1 aromatic heterocycles. The third-order valence-electron chi connectivity index (χ3n) is 2.45. The smallest absolute Gasteiger partial charge is 0.112 e. The predicted octanol–water partition coefficient (Wildman–Crippen LogP) is 1.67. The molecule has 78 valence electrons. The number of nitrogens with one attached hydrogen (secondary N) is 1. The van der Waals surface area contributed by atoms with Crippen molar-refractivity contribution in [3.05, 3.63) is 15.6 Å². The number of hydrogen-bond donors (Lipinski definition) is 1. The van der Waals surface area contributed by atoms with Gasteiger partial charge in [-0.2, -0.15) is 0 Å². The number of thiazole rings is 1. The van der Waals surface area contributed by atoms with Crippen molar-refractivity contribution in [1.29, 1.82) is 0 Å². The summed E-state index contributed by atoms with van der Waals surface area (Å²) in [7, 11) is 0. The standard InChI is InChI=1S/C10H16N2OS/c1-3-9-7(2)12-10(14-9)8-6-13-5-4-11-8/h8,11H,3-6H2,1-2H3. The van der Waals surface area contributed by atoms with Gasteiger partial charge in [0, 0.05) is 11.4 Å². The van der Waals surface area contributed by atoms with Crippen molar-refractivity contribution >= 4 is 11.3 Å². The van der Waals surface area contributed by atoms with Gasteiger partial charge in [0.2, 0.25) is 0 Å². The van der Waals surface area contributed by atoms with Crippen molar-refractivity contribution in [1.82, 2.24) is 10.3 Å². The second kappa shape index (κ2) is 4.38. The lowest BCUT2D eigenvalue weighted by Gasteiger charge is -2.21. The molecule has 14 heavy (non-hydrogen) atoms. The Morgan fingerprint density at radius 2 is 2.50 bits per heavy atom. The van der Waals surface area contributed by atoms with Crippen LogP contribution >= 0.6 is 11.3 Å². The molecule has 4 heteroatoms. The highest BCUT2D eigenvalue weighted by atomic mass is 32.1. The third-order valence-corrected chi connectivity index (χ3v) is 3.87. The third kappa shape index (κ3) is 1.97. The van der Waals surface area contributed by atoms with Crippen molar-refractivity contribution < 1.29 is 4.74 Å². The van der Waals surface area contributed by atoms with Crippen molar-refractivity contribution in [3.8, 4) is 0 Å². The van der Waals surface area contributed by atoms with Crippen molar-refractivity contribution in [2.75, 3.05) is 19.8 Å². The SMILES string of the molecule is CCc1sc(C2COCCN2)nc1C. The summed E-state index contributed by atoms with van der Waals surface area (Å²) in [6.07, 6.45) is 1.08. The van der Waals surface area contributed by atoms with Gasteiger partial charge in [-0.1, -0.05) is 6.92 Å². The van der Waals surface area contributed by atoms with Gasteiger partial charge < -0.3 is 10.1 Å². The molecule has 1 aliphatic rings. The highest BCUT2D eigenvalue weighted by Gasteiger charge is 2.19. The van der Waals surface area contributed by atoms with E-state index >= 15 is 0 Å². The number of hydrogen-bond acceptors (Lipinski definition) is 4. The van der Waals surface area contributed by atoms with Crippen LogP contribution in [-0.4, -0.2) is 24.7 Å². The summed E-state index contributed by atoms with van der Waals surface area (Å²) < 4.78 is 5.42. The molecule has 2 rings (SSSR count). The number of morpholine rings is 1. The van der Waals surface area contributed by atoms with Gasteiger partial charge in [0.15, 0.2) is 0 Å². The Morgan fingerprint density at radius 3 is 3.07 bits per heavy atom. The molecular weight excluding hydrogens is 196 g/mol. The lowest BCUT2D eigenvalue weighted by molar-refractivity contribution is 0.0768. The van der Waals surface area contributed by atoms with Crippen molar-refractivity contribution in [2.24, 2.45) is 0 Å². The Labute approximate surface area is 88.5 Å². The molecule has 0 bridgehead atoms. The first kappa shape index (κ1) is 10.1. The van der Waals surface area contributed by atoms with Crippen LogP contribution < -0.4 is 5.32 Å². The van der Waals surface area contributed by atoms with Crippen LogP contribution in [0.5, 0.6) is 0 Å². The molecule has 0 saturated carbocycles. The van der Waals surface area contributed by atoms with Gasteiger partial charge in [-0.05, 0) is 13.3 Å². The number of rotatable bonds is 2.